The molecule has 0 fully saturated rings. The van der Waals surface area contributed by atoms with Crippen LogP contribution in [0.1, 0.15) is 23.3 Å². The second-order valence-corrected chi connectivity index (χ2v) is 6.28. The largest absolute Gasteiger partial charge is 0.508 e. The van der Waals surface area contributed by atoms with Crippen molar-refractivity contribution in [2.75, 3.05) is 6.61 Å². The van der Waals surface area contributed by atoms with Crippen molar-refractivity contribution in [1.82, 2.24) is 5.32 Å². The number of aliphatic hydroxyl groups is 1. The number of aryl methyl sites for hydroxylation is 1. The molecule has 0 radical (unpaired) electrons. The normalized spacial score (nSPS) is 12.0. The minimum Gasteiger partial charge on any atom is -0.508 e. The Morgan fingerprint density at radius 2 is 2.00 bits per heavy atom. The first-order chi connectivity index (χ1) is 10.7. The van der Waals surface area contributed by atoms with Crippen LogP contribution in [0.4, 0.5) is 0 Å². The first-order valence-electron chi connectivity index (χ1n) is 7.38. The SMILES string of the molecule is O=C(CCCc1cccs1)N[C@H](CO)Cc1ccc(O)cc1. The molecular formula is C17H21NO3S. The van der Waals surface area contributed by atoms with Gasteiger partial charge in [-0.25, -0.2) is 0 Å². The van der Waals surface area contributed by atoms with E-state index in [0.717, 1.165) is 18.4 Å². The number of thiophene rings is 1. The topological polar surface area (TPSA) is 69.6 Å². The van der Waals surface area contributed by atoms with Crippen LogP contribution in [0, 0.1) is 0 Å². The zero-order chi connectivity index (χ0) is 15.8. The van der Waals surface area contributed by atoms with Gasteiger partial charge in [0.2, 0.25) is 5.91 Å². The van der Waals surface area contributed by atoms with E-state index < -0.39 is 0 Å². The van der Waals surface area contributed by atoms with Crippen LogP contribution in [-0.4, -0.2) is 28.8 Å². The minimum absolute atomic E-state index is 0.0330. The van der Waals surface area contributed by atoms with Crippen LogP contribution in [0.15, 0.2) is 41.8 Å². The van der Waals surface area contributed by atoms with Crippen LogP contribution >= 0.6 is 11.3 Å². The fraction of sp³-hybridized carbons (Fsp3) is 0.353. The Bertz CT molecular complexity index is 566. The van der Waals surface area contributed by atoms with E-state index >= 15 is 0 Å². The molecular weight excluding hydrogens is 298 g/mol. The molecule has 0 aliphatic carbocycles. The number of carbonyl (C=O) groups excluding carboxylic acids is 1. The van der Waals surface area contributed by atoms with E-state index in [9.17, 15) is 15.0 Å². The fourth-order valence-electron chi connectivity index (χ4n) is 2.26. The van der Waals surface area contributed by atoms with Crippen LogP contribution in [0.3, 0.4) is 0 Å². The Hall–Kier alpha value is -1.85. The number of nitrogens with one attached hydrogen (secondary N) is 1. The lowest BCUT2D eigenvalue weighted by molar-refractivity contribution is -0.122. The van der Waals surface area contributed by atoms with Crippen molar-refractivity contribution in [3.05, 3.63) is 52.2 Å². The lowest BCUT2D eigenvalue weighted by atomic mass is 10.1. The molecule has 1 amide bonds. The van der Waals surface area contributed by atoms with Crippen LogP contribution < -0.4 is 5.32 Å². The van der Waals surface area contributed by atoms with Gasteiger partial charge in [0.15, 0.2) is 0 Å². The van der Waals surface area contributed by atoms with E-state index in [4.69, 9.17) is 0 Å². The van der Waals surface area contributed by atoms with Gasteiger partial charge in [-0.2, -0.15) is 0 Å². The number of carbonyl (C=O) groups is 1. The maximum absolute atomic E-state index is 11.9. The molecule has 22 heavy (non-hydrogen) atoms. The maximum Gasteiger partial charge on any atom is 0.220 e. The zero-order valence-electron chi connectivity index (χ0n) is 12.4. The van der Waals surface area contributed by atoms with Crippen molar-refractivity contribution in [3.63, 3.8) is 0 Å². The number of hydrogen-bond donors (Lipinski definition) is 3. The highest BCUT2D eigenvalue weighted by Crippen LogP contribution is 2.13. The van der Waals surface area contributed by atoms with Gasteiger partial charge in [0, 0.05) is 11.3 Å². The predicted octanol–water partition coefficient (Wildman–Crippen LogP) is 2.50. The van der Waals surface area contributed by atoms with Crippen LogP contribution in [-0.2, 0) is 17.6 Å². The van der Waals surface area contributed by atoms with Gasteiger partial charge in [-0.1, -0.05) is 18.2 Å². The summed E-state index contributed by atoms with van der Waals surface area (Å²) >= 11 is 1.70. The van der Waals surface area contributed by atoms with E-state index in [2.05, 4.69) is 11.4 Å². The molecule has 1 aromatic heterocycles. The van der Waals surface area contributed by atoms with E-state index in [0.29, 0.717) is 12.8 Å². The summed E-state index contributed by atoms with van der Waals surface area (Å²) in [5.41, 5.74) is 0.968. The Morgan fingerprint density at radius 3 is 2.64 bits per heavy atom. The highest BCUT2D eigenvalue weighted by atomic mass is 32.1. The van der Waals surface area contributed by atoms with E-state index in [1.54, 1.807) is 35.6 Å². The van der Waals surface area contributed by atoms with Crippen molar-refractivity contribution < 1.29 is 15.0 Å². The lowest BCUT2D eigenvalue weighted by Crippen LogP contribution is -2.39. The zero-order valence-corrected chi connectivity index (χ0v) is 13.2. The van der Waals surface area contributed by atoms with Gasteiger partial charge in [0.25, 0.3) is 0 Å². The molecule has 1 aromatic carbocycles. The number of aromatic hydroxyl groups is 1. The second-order valence-electron chi connectivity index (χ2n) is 5.25. The first kappa shape index (κ1) is 16.5. The lowest BCUT2D eigenvalue weighted by Gasteiger charge is -2.16. The van der Waals surface area contributed by atoms with Crippen molar-refractivity contribution in [2.24, 2.45) is 0 Å². The molecule has 118 valence electrons. The van der Waals surface area contributed by atoms with E-state index in [-0.39, 0.29) is 24.3 Å². The summed E-state index contributed by atoms with van der Waals surface area (Å²) in [5.74, 6) is 0.177. The van der Waals surface area contributed by atoms with Gasteiger partial charge in [-0.15, -0.1) is 11.3 Å². The minimum atomic E-state index is -0.293. The highest BCUT2D eigenvalue weighted by Gasteiger charge is 2.12. The maximum atomic E-state index is 11.9. The highest BCUT2D eigenvalue weighted by molar-refractivity contribution is 7.09. The summed E-state index contributed by atoms with van der Waals surface area (Å²) in [5, 5.41) is 23.6. The average Bonchev–Trinajstić information content (AvgIpc) is 3.02. The van der Waals surface area contributed by atoms with Gasteiger partial charge in [0.1, 0.15) is 5.75 Å². The number of hydrogen-bond acceptors (Lipinski definition) is 4. The quantitative estimate of drug-likeness (QED) is 0.700. The Balaban J connectivity index is 1.74. The molecule has 0 aliphatic rings. The molecule has 0 saturated carbocycles. The van der Waals surface area contributed by atoms with Gasteiger partial charge < -0.3 is 15.5 Å². The molecule has 1 atom stereocenters. The molecule has 2 aromatic rings. The molecule has 2 rings (SSSR count). The third-order valence-corrected chi connectivity index (χ3v) is 4.35. The van der Waals surface area contributed by atoms with Crippen molar-refractivity contribution in [1.29, 1.82) is 0 Å². The number of phenols is 1. The number of benzene rings is 1. The first-order valence-corrected chi connectivity index (χ1v) is 8.26. The molecule has 0 saturated heterocycles. The third kappa shape index (κ3) is 5.50. The molecule has 3 N–H and O–H groups in total. The summed E-state index contributed by atoms with van der Waals surface area (Å²) in [4.78, 5) is 13.2. The van der Waals surface area contributed by atoms with Crippen molar-refractivity contribution in [2.45, 2.75) is 31.7 Å². The van der Waals surface area contributed by atoms with Crippen molar-refractivity contribution in [3.8, 4) is 5.75 Å². The van der Waals surface area contributed by atoms with Crippen LogP contribution in [0.5, 0.6) is 5.75 Å². The summed E-state index contributed by atoms with van der Waals surface area (Å²) in [6.45, 7) is -0.0997. The van der Waals surface area contributed by atoms with Crippen molar-refractivity contribution >= 4 is 17.2 Å². The molecule has 4 nitrogen and oxygen atoms in total. The fourth-order valence-corrected chi connectivity index (χ4v) is 3.01. The molecule has 0 unspecified atom stereocenters. The smallest absolute Gasteiger partial charge is 0.220 e. The Labute approximate surface area is 134 Å². The number of aliphatic hydroxyl groups excluding tert-OH is 1. The third-order valence-electron chi connectivity index (χ3n) is 3.41. The Morgan fingerprint density at radius 1 is 1.23 bits per heavy atom. The van der Waals surface area contributed by atoms with E-state index in [1.165, 1.54) is 4.88 Å². The average molecular weight is 319 g/mol. The molecule has 0 bridgehead atoms. The molecule has 0 aliphatic heterocycles. The standard InChI is InChI=1S/C17H21NO3S/c19-12-14(11-13-6-8-15(20)9-7-13)18-17(21)5-1-3-16-4-2-10-22-16/h2,4,6-10,14,19-20H,1,3,5,11-12H2,(H,18,21)/t14-/m0/s1. The monoisotopic (exact) mass is 319 g/mol. The molecule has 1 heterocycles. The molecule has 5 heteroatoms. The summed E-state index contributed by atoms with van der Waals surface area (Å²) in [6, 6.07) is 10.6. The van der Waals surface area contributed by atoms with Gasteiger partial charge in [-0.05, 0) is 48.4 Å². The Kier molecular flexibility index (Phi) is 6.43. The van der Waals surface area contributed by atoms with Gasteiger partial charge >= 0.3 is 0 Å². The summed E-state index contributed by atoms with van der Waals surface area (Å²) in [6.07, 6.45) is 2.73. The number of rotatable bonds is 8. The van der Waals surface area contributed by atoms with Gasteiger partial charge in [-0.3, -0.25) is 4.79 Å². The molecule has 0 spiro atoms. The van der Waals surface area contributed by atoms with Gasteiger partial charge in [0.05, 0.1) is 12.6 Å². The predicted molar refractivity (Wildman–Crippen MR) is 88.1 cm³/mol. The summed E-state index contributed by atoms with van der Waals surface area (Å²) in [7, 11) is 0. The summed E-state index contributed by atoms with van der Waals surface area (Å²) < 4.78 is 0. The van der Waals surface area contributed by atoms with Crippen LogP contribution in [0.2, 0.25) is 0 Å². The van der Waals surface area contributed by atoms with E-state index in [1.807, 2.05) is 11.4 Å². The van der Waals surface area contributed by atoms with Crippen LogP contribution in [0.25, 0.3) is 0 Å². The number of phenolic OH excluding ortho intramolecular Hbond substituents is 1. The second kappa shape index (κ2) is 8.56. The number of amides is 1.